The van der Waals surface area contributed by atoms with Crippen LogP contribution in [-0.4, -0.2) is 5.75 Å². The zero-order chi connectivity index (χ0) is 16.0. The third kappa shape index (κ3) is 10.3. The van der Waals surface area contributed by atoms with E-state index in [-0.39, 0.29) is 0 Å². The molecular weight excluding hydrogens is 286 g/mol. The van der Waals surface area contributed by atoms with Crippen molar-refractivity contribution < 1.29 is 4.57 Å². The lowest BCUT2D eigenvalue weighted by molar-refractivity contribution is -0.676. The highest BCUT2D eigenvalue weighted by Crippen LogP contribution is 2.12. The van der Waals surface area contributed by atoms with Crippen molar-refractivity contribution in [2.24, 2.45) is 0 Å². The third-order valence-corrected chi connectivity index (χ3v) is 5.13. The number of hydrogen-bond acceptors (Lipinski definition) is 1. The molecule has 1 nitrogen and oxygen atoms in total. The van der Waals surface area contributed by atoms with Crippen molar-refractivity contribution in [3.63, 3.8) is 0 Å². The summed E-state index contributed by atoms with van der Waals surface area (Å²) in [5.74, 6) is 2.40. The van der Waals surface area contributed by atoms with Crippen molar-refractivity contribution >= 4 is 11.8 Å². The molecule has 1 aromatic rings. The Labute approximate surface area is 142 Å². The predicted molar refractivity (Wildman–Crippen MR) is 100 cm³/mol. The van der Waals surface area contributed by atoms with Crippen molar-refractivity contribution in [1.82, 2.24) is 0 Å². The fraction of sp³-hybridized carbons (Fsp3) is 0.750. The van der Waals surface area contributed by atoms with E-state index in [9.17, 15) is 0 Å². The molecule has 0 aromatic carbocycles. The first-order chi connectivity index (χ1) is 10.7. The molecular formula is C20H36NS+. The van der Waals surface area contributed by atoms with Crippen molar-refractivity contribution in [3.05, 3.63) is 29.6 Å². The topological polar surface area (TPSA) is 3.88 Å². The summed E-state index contributed by atoms with van der Waals surface area (Å²) in [6, 6.07) is 2.24. The molecule has 0 aliphatic heterocycles. The number of nitrogens with zero attached hydrogens (tertiary/aromatic N) is 1. The second kappa shape index (κ2) is 13.0. The molecule has 126 valence electrons. The van der Waals surface area contributed by atoms with Gasteiger partial charge in [0.15, 0.2) is 18.3 Å². The highest BCUT2D eigenvalue weighted by atomic mass is 32.2. The van der Waals surface area contributed by atoms with Crippen LogP contribution in [0.3, 0.4) is 0 Å². The molecule has 2 heteroatoms. The number of aryl methyl sites for hydroxylation is 2. The number of unbranched alkanes of at least 4 members (excludes halogenated alkanes) is 9. The molecule has 22 heavy (non-hydrogen) atoms. The van der Waals surface area contributed by atoms with Gasteiger partial charge in [-0.2, -0.15) is 4.57 Å². The van der Waals surface area contributed by atoms with Gasteiger partial charge >= 0.3 is 0 Å². The summed E-state index contributed by atoms with van der Waals surface area (Å²) in [7, 11) is 0. The van der Waals surface area contributed by atoms with Crippen molar-refractivity contribution in [2.75, 3.05) is 5.75 Å². The first-order valence-electron chi connectivity index (χ1n) is 9.27. The van der Waals surface area contributed by atoms with Crippen LogP contribution in [0, 0.1) is 13.8 Å². The molecule has 1 aromatic heterocycles. The molecule has 1 rings (SSSR count). The van der Waals surface area contributed by atoms with Gasteiger partial charge < -0.3 is 0 Å². The molecule has 0 saturated carbocycles. The molecule has 0 aliphatic carbocycles. The third-order valence-electron chi connectivity index (χ3n) is 4.08. The second-order valence-corrected chi connectivity index (χ2v) is 7.70. The first-order valence-corrected chi connectivity index (χ1v) is 10.4. The normalized spacial score (nSPS) is 11.0. The molecule has 0 atom stereocenters. The van der Waals surface area contributed by atoms with E-state index in [4.69, 9.17) is 0 Å². The average Bonchev–Trinajstić information content (AvgIpc) is 2.47. The molecule has 0 aliphatic rings. The van der Waals surface area contributed by atoms with Crippen LogP contribution < -0.4 is 4.57 Å². The SMILES string of the molecule is CCCCCCCCCCCCSC[n+]1cc(C)cc(C)c1. The lowest BCUT2D eigenvalue weighted by Gasteiger charge is -2.02. The lowest BCUT2D eigenvalue weighted by Crippen LogP contribution is -2.32. The van der Waals surface area contributed by atoms with Gasteiger partial charge in [-0.05, 0) is 32.1 Å². The summed E-state index contributed by atoms with van der Waals surface area (Å²) in [4.78, 5) is 0. The maximum absolute atomic E-state index is 2.33. The van der Waals surface area contributed by atoms with Gasteiger partial charge in [0, 0.05) is 11.1 Å². The predicted octanol–water partition coefficient (Wildman–Crippen LogP) is 6.20. The van der Waals surface area contributed by atoms with Crippen LogP contribution in [0.2, 0.25) is 0 Å². The van der Waals surface area contributed by atoms with Crippen LogP contribution in [-0.2, 0) is 5.88 Å². The van der Waals surface area contributed by atoms with Gasteiger partial charge in [-0.25, -0.2) is 0 Å². The molecule has 0 radical (unpaired) electrons. The van der Waals surface area contributed by atoms with Crippen molar-refractivity contribution in [2.45, 2.75) is 90.9 Å². The van der Waals surface area contributed by atoms with Gasteiger partial charge in [0.25, 0.3) is 0 Å². The Bertz CT molecular complexity index is 369. The standard InChI is InChI=1S/C20H36NS/c1-4-5-6-7-8-9-10-11-12-13-14-22-18-21-16-19(2)15-20(3)17-21/h15-17H,4-14,18H2,1-3H3/q+1. The summed E-state index contributed by atoms with van der Waals surface area (Å²) in [6.45, 7) is 6.64. The summed E-state index contributed by atoms with van der Waals surface area (Å²) in [6.07, 6.45) is 18.8. The smallest absolute Gasteiger partial charge is 0.194 e. The quantitative estimate of drug-likeness (QED) is 0.309. The number of pyridine rings is 1. The minimum atomic E-state index is 1.10. The largest absolute Gasteiger partial charge is 0.195 e. The van der Waals surface area contributed by atoms with Gasteiger partial charge in [0.05, 0.1) is 0 Å². The van der Waals surface area contributed by atoms with Crippen molar-refractivity contribution in [3.8, 4) is 0 Å². The molecule has 0 N–H and O–H groups in total. The van der Waals surface area contributed by atoms with Crippen LogP contribution in [0.25, 0.3) is 0 Å². The summed E-state index contributed by atoms with van der Waals surface area (Å²) in [5, 5.41) is 0. The number of thioether (sulfide) groups is 1. The Kier molecular flexibility index (Phi) is 11.5. The molecule has 0 fully saturated rings. The van der Waals surface area contributed by atoms with Crippen molar-refractivity contribution in [1.29, 1.82) is 0 Å². The number of hydrogen-bond donors (Lipinski definition) is 0. The monoisotopic (exact) mass is 322 g/mol. The summed E-state index contributed by atoms with van der Waals surface area (Å²) in [5.41, 5.74) is 2.72. The fourth-order valence-electron chi connectivity index (χ4n) is 2.93. The zero-order valence-corrected chi connectivity index (χ0v) is 15.9. The van der Waals surface area contributed by atoms with E-state index in [1.165, 1.54) is 81.1 Å². The minimum Gasteiger partial charge on any atom is -0.195 e. The fourth-order valence-corrected chi connectivity index (χ4v) is 3.83. The Morgan fingerprint density at radius 1 is 0.773 bits per heavy atom. The Balaban J connectivity index is 1.89. The molecule has 0 unspecified atom stereocenters. The summed E-state index contributed by atoms with van der Waals surface area (Å²) < 4.78 is 2.33. The lowest BCUT2D eigenvalue weighted by atomic mass is 10.1. The van der Waals surface area contributed by atoms with E-state index in [0.717, 1.165) is 5.88 Å². The van der Waals surface area contributed by atoms with E-state index in [1.807, 2.05) is 0 Å². The van der Waals surface area contributed by atoms with Gasteiger partial charge in [0.1, 0.15) is 0 Å². The maximum atomic E-state index is 2.33. The Hall–Kier alpha value is -0.500. The molecule has 0 spiro atoms. The van der Waals surface area contributed by atoms with Gasteiger partial charge in [-0.3, -0.25) is 0 Å². The van der Waals surface area contributed by atoms with E-state index in [0.29, 0.717) is 0 Å². The first kappa shape index (κ1) is 19.5. The summed E-state index contributed by atoms with van der Waals surface area (Å²) >= 11 is 2.06. The van der Waals surface area contributed by atoms with Crippen LogP contribution in [0.15, 0.2) is 18.5 Å². The molecule has 1 heterocycles. The van der Waals surface area contributed by atoms with Gasteiger partial charge in [0.2, 0.25) is 0 Å². The molecule has 0 bridgehead atoms. The van der Waals surface area contributed by atoms with Crippen LogP contribution >= 0.6 is 11.8 Å². The number of rotatable bonds is 13. The highest BCUT2D eigenvalue weighted by molar-refractivity contribution is 7.98. The zero-order valence-electron chi connectivity index (χ0n) is 15.1. The van der Waals surface area contributed by atoms with Gasteiger partial charge in [-0.1, -0.05) is 76.5 Å². The second-order valence-electron chi connectivity index (χ2n) is 6.62. The van der Waals surface area contributed by atoms with E-state index < -0.39 is 0 Å². The average molecular weight is 323 g/mol. The maximum Gasteiger partial charge on any atom is 0.194 e. The molecule has 0 saturated heterocycles. The van der Waals surface area contributed by atoms with Crippen LogP contribution in [0.4, 0.5) is 0 Å². The van der Waals surface area contributed by atoms with E-state index in [2.05, 4.69) is 55.6 Å². The number of aromatic nitrogens is 1. The van der Waals surface area contributed by atoms with Crippen LogP contribution in [0.1, 0.15) is 82.3 Å². The van der Waals surface area contributed by atoms with Crippen LogP contribution in [0.5, 0.6) is 0 Å². The molecule has 0 amide bonds. The highest BCUT2D eigenvalue weighted by Gasteiger charge is 2.02. The van der Waals surface area contributed by atoms with E-state index >= 15 is 0 Å². The van der Waals surface area contributed by atoms with E-state index in [1.54, 1.807) is 0 Å². The van der Waals surface area contributed by atoms with Gasteiger partial charge in [-0.15, -0.1) is 0 Å². The minimum absolute atomic E-state index is 1.10. The Morgan fingerprint density at radius 2 is 1.27 bits per heavy atom. The Morgan fingerprint density at radius 3 is 1.82 bits per heavy atom.